The van der Waals surface area contributed by atoms with Crippen molar-refractivity contribution in [3.05, 3.63) is 34.9 Å². The standard InChI is InChI=1S/C11H12N2/c12-7-8-1-2-10-6-11(13)4-3-9(10)5-8/h3,5-6,11H,1-2,4,13H2. The maximum Gasteiger partial charge on any atom is 0.0947 e. The summed E-state index contributed by atoms with van der Waals surface area (Å²) >= 11 is 0. The first-order valence-electron chi connectivity index (χ1n) is 4.57. The second-order valence-corrected chi connectivity index (χ2v) is 3.53. The summed E-state index contributed by atoms with van der Waals surface area (Å²) < 4.78 is 0. The van der Waals surface area contributed by atoms with Crippen LogP contribution in [0.4, 0.5) is 0 Å². The van der Waals surface area contributed by atoms with E-state index >= 15 is 0 Å². The lowest BCUT2D eigenvalue weighted by Gasteiger charge is -2.21. The fourth-order valence-electron chi connectivity index (χ4n) is 1.81. The van der Waals surface area contributed by atoms with Crippen LogP contribution in [-0.2, 0) is 0 Å². The summed E-state index contributed by atoms with van der Waals surface area (Å²) in [7, 11) is 0. The van der Waals surface area contributed by atoms with Gasteiger partial charge in [0.2, 0.25) is 0 Å². The Morgan fingerprint density at radius 3 is 3.08 bits per heavy atom. The average Bonchev–Trinajstić information content (AvgIpc) is 2.17. The molecule has 66 valence electrons. The average molecular weight is 172 g/mol. The highest BCUT2D eigenvalue weighted by Gasteiger charge is 2.16. The van der Waals surface area contributed by atoms with Crippen molar-refractivity contribution in [3.8, 4) is 6.07 Å². The summed E-state index contributed by atoms with van der Waals surface area (Å²) in [5.74, 6) is 0. The summed E-state index contributed by atoms with van der Waals surface area (Å²) in [5, 5.41) is 8.74. The molecule has 1 atom stereocenters. The molecule has 0 saturated heterocycles. The van der Waals surface area contributed by atoms with Gasteiger partial charge in [0.25, 0.3) is 0 Å². The second-order valence-electron chi connectivity index (χ2n) is 3.53. The summed E-state index contributed by atoms with van der Waals surface area (Å²) in [6.07, 6.45) is 8.98. The van der Waals surface area contributed by atoms with Crippen LogP contribution in [0, 0.1) is 11.3 Å². The molecule has 2 aliphatic carbocycles. The van der Waals surface area contributed by atoms with Gasteiger partial charge < -0.3 is 5.73 Å². The summed E-state index contributed by atoms with van der Waals surface area (Å²) in [5.41, 5.74) is 9.22. The number of hydrogen-bond acceptors (Lipinski definition) is 2. The molecule has 0 fully saturated rings. The Labute approximate surface area is 78.0 Å². The summed E-state index contributed by atoms with van der Waals surface area (Å²) in [4.78, 5) is 0. The van der Waals surface area contributed by atoms with Crippen molar-refractivity contribution in [2.45, 2.75) is 25.3 Å². The molecule has 0 aliphatic heterocycles. The highest BCUT2D eigenvalue weighted by atomic mass is 14.6. The lowest BCUT2D eigenvalue weighted by molar-refractivity contribution is 0.785. The number of nitrogens with zero attached hydrogens (tertiary/aromatic N) is 1. The monoisotopic (exact) mass is 172 g/mol. The zero-order valence-corrected chi connectivity index (χ0v) is 7.46. The van der Waals surface area contributed by atoms with Crippen molar-refractivity contribution in [2.75, 3.05) is 0 Å². The third kappa shape index (κ3) is 1.56. The van der Waals surface area contributed by atoms with Crippen LogP contribution in [0.2, 0.25) is 0 Å². The van der Waals surface area contributed by atoms with Gasteiger partial charge in [0, 0.05) is 11.6 Å². The first-order valence-corrected chi connectivity index (χ1v) is 4.57. The third-order valence-corrected chi connectivity index (χ3v) is 2.53. The summed E-state index contributed by atoms with van der Waals surface area (Å²) in [6, 6.07) is 2.39. The molecule has 0 aromatic heterocycles. The molecule has 1 unspecified atom stereocenters. The fraction of sp³-hybridized carbons (Fsp3) is 0.364. The molecule has 0 heterocycles. The molecule has 0 saturated carbocycles. The fourth-order valence-corrected chi connectivity index (χ4v) is 1.81. The van der Waals surface area contributed by atoms with E-state index in [0.29, 0.717) is 0 Å². The number of nitriles is 1. The molecule has 0 bridgehead atoms. The predicted molar refractivity (Wildman–Crippen MR) is 51.7 cm³/mol. The minimum Gasteiger partial charge on any atom is -0.324 e. The Morgan fingerprint density at radius 1 is 1.46 bits per heavy atom. The first-order chi connectivity index (χ1) is 6.29. The smallest absolute Gasteiger partial charge is 0.0947 e. The topological polar surface area (TPSA) is 49.8 Å². The van der Waals surface area contributed by atoms with Crippen LogP contribution in [0.3, 0.4) is 0 Å². The summed E-state index contributed by atoms with van der Waals surface area (Å²) in [6.45, 7) is 0. The van der Waals surface area contributed by atoms with E-state index in [1.165, 1.54) is 11.1 Å². The van der Waals surface area contributed by atoms with Crippen molar-refractivity contribution >= 4 is 0 Å². The molecule has 2 aliphatic rings. The van der Waals surface area contributed by atoms with Crippen molar-refractivity contribution in [2.24, 2.45) is 5.73 Å². The molecule has 0 aromatic carbocycles. The van der Waals surface area contributed by atoms with Crippen LogP contribution in [0.5, 0.6) is 0 Å². The van der Waals surface area contributed by atoms with E-state index in [-0.39, 0.29) is 6.04 Å². The number of allylic oxidation sites excluding steroid dienone is 4. The number of fused-ring (bicyclic) bond motifs is 1. The normalized spacial score (nSPS) is 26.5. The Morgan fingerprint density at radius 2 is 2.31 bits per heavy atom. The Bertz CT molecular complexity index is 353. The lowest BCUT2D eigenvalue weighted by atomic mass is 9.85. The molecule has 2 nitrogen and oxygen atoms in total. The predicted octanol–water partition coefficient (Wildman–Crippen LogP) is 1.81. The van der Waals surface area contributed by atoms with Crippen LogP contribution < -0.4 is 5.73 Å². The van der Waals surface area contributed by atoms with Gasteiger partial charge in [0.15, 0.2) is 0 Å². The molecule has 2 rings (SSSR count). The third-order valence-electron chi connectivity index (χ3n) is 2.53. The Hall–Kier alpha value is -1.33. The van der Waals surface area contributed by atoms with E-state index in [1.54, 1.807) is 0 Å². The van der Waals surface area contributed by atoms with Gasteiger partial charge >= 0.3 is 0 Å². The first kappa shape index (κ1) is 8.28. The quantitative estimate of drug-likeness (QED) is 0.605. The molecule has 0 aromatic rings. The highest BCUT2D eigenvalue weighted by molar-refractivity contribution is 5.50. The van der Waals surface area contributed by atoms with Crippen LogP contribution in [0.15, 0.2) is 34.9 Å². The maximum atomic E-state index is 8.74. The van der Waals surface area contributed by atoms with Gasteiger partial charge in [0.1, 0.15) is 0 Å². The molecular weight excluding hydrogens is 160 g/mol. The maximum absolute atomic E-state index is 8.74. The van der Waals surface area contributed by atoms with E-state index in [2.05, 4.69) is 18.2 Å². The van der Waals surface area contributed by atoms with E-state index in [4.69, 9.17) is 11.0 Å². The Kier molecular flexibility index (Phi) is 2.03. The lowest BCUT2D eigenvalue weighted by Crippen LogP contribution is -2.20. The van der Waals surface area contributed by atoms with Gasteiger partial charge in [-0.2, -0.15) is 5.26 Å². The molecule has 0 radical (unpaired) electrons. The molecule has 13 heavy (non-hydrogen) atoms. The Balaban J connectivity index is 2.32. The zero-order valence-electron chi connectivity index (χ0n) is 7.46. The number of rotatable bonds is 0. The van der Waals surface area contributed by atoms with Gasteiger partial charge in [-0.15, -0.1) is 0 Å². The van der Waals surface area contributed by atoms with Crippen molar-refractivity contribution in [1.29, 1.82) is 5.26 Å². The molecule has 0 spiro atoms. The SMILES string of the molecule is N#CC1=CC2=CCC(N)C=C2CC1. The number of nitrogens with two attached hydrogens (primary N) is 1. The van der Waals surface area contributed by atoms with Gasteiger partial charge in [-0.1, -0.05) is 12.2 Å². The van der Waals surface area contributed by atoms with Crippen molar-refractivity contribution < 1.29 is 0 Å². The van der Waals surface area contributed by atoms with E-state index in [0.717, 1.165) is 24.8 Å². The van der Waals surface area contributed by atoms with E-state index in [1.807, 2.05) is 6.08 Å². The van der Waals surface area contributed by atoms with E-state index < -0.39 is 0 Å². The van der Waals surface area contributed by atoms with Gasteiger partial charge in [-0.05, 0) is 36.5 Å². The molecule has 2 heteroatoms. The molecule has 0 amide bonds. The van der Waals surface area contributed by atoms with Crippen molar-refractivity contribution in [1.82, 2.24) is 0 Å². The molecular formula is C11H12N2. The van der Waals surface area contributed by atoms with Crippen LogP contribution in [0.1, 0.15) is 19.3 Å². The van der Waals surface area contributed by atoms with Gasteiger partial charge in [-0.25, -0.2) is 0 Å². The largest absolute Gasteiger partial charge is 0.324 e. The minimum atomic E-state index is 0.177. The van der Waals surface area contributed by atoms with Crippen LogP contribution >= 0.6 is 0 Å². The van der Waals surface area contributed by atoms with E-state index in [9.17, 15) is 0 Å². The van der Waals surface area contributed by atoms with Crippen molar-refractivity contribution in [3.63, 3.8) is 0 Å². The van der Waals surface area contributed by atoms with Crippen LogP contribution in [-0.4, -0.2) is 6.04 Å². The number of hydrogen-bond donors (Lipinski definition) is 1. The highest BCUT2D eigenvalue weighted by Crippen LogP contribution is 2.30. The van der Waals surface area contributed by atoms with Gasteiger partial charge in [0.05, 0.1) is 6.07 Å². The second kappa shape index (κ2) is 3.20. The minimum absolute atomic E-state index is 0.177. The van der Waals surface area contributed by atoms with Crippen LogP contribution in [0.25, 0.3) is 0 Å². The van der Waals surface area contributed by atoms with Gasteiger partial charge in [-0.3, -0.25) is 0 Å². The molecule has 2 N–H and O–H groups in total. The zero-order chi connectivity index (χ0) is 9.26.